The van der Waals surface area contributed by atoms with Crippen LogP contribution in [-0.2, 0) is 13.2 Å². The SMILES string of the molecule is Cc1cc(CN(C)C)ncc1-n1c(C)cc(OCc2ccc(F)cc2F)c(Br)c1=O. The van der Waals surface area contributed by atoms with Crippen LogP contribution >= 0.6 is 15.9 Å². The Bertz CT molecular complexity index is 1150. The lowest BCUT2D eigenvalue weighted by molar-refractivity contribution is 0.296. The summed E-state index contributed by atoms with van der Waals surface area (Å²) < 4.78 is 34.3. The number of ether oxygens (including phenoxy) is 1. The van der Waals surface area contributed by atoms with Crippen LogP contribution in [0, 0.1) is 25.5 Å². The summed E-state index contributed by atoms with van der Waals surface area (Å²) in [7, 11) is 3.93. The van der Waals surface area contributed by atoms with Crippen LogP contribution in [0.25, 0.3) is 5.69 Å². The topological polar surface area (TPSA) is 47.4 Å². The predicted molar refractivity (Wildman–Crippen MR) is 115 cm³/mol. The summed E-state index contributed by atoms with van der Waals surface area (Å²) in [5.74, 6) is -1.07. The van der Waals surface area contributed by atoms with Gasteiger partial charge in [-0.25, -0.2) is 8.78 Å². The maximum absolute atomic E-state index is 13.8. The Morgan fingerprint density at radius 1 is 1.17 bits per heavy atom. The van der Waals surface area contributed by atoms with Gasteiger partial charge in [-0.3, -0.25) is 14.3 Å². The molecule has 0 spiro atoms. The van der Waals surface area contributed by atoms with Gasteiger partial charge in [-0.2, -0.15) is 0 Å². The number of pyridine rings is 2. The van der Waals surface area contributed by atoms with E-state index in [-0.39, 0.29) is 28.0 Å². The molecule has 0 aliphatic rings. The third kappa shape index (κ3) is 4.76. The van der Waals surface area contributed by atoms with E-state index in [1.54, 1.807) is 23.8 Å². The van der Waals surface area contributed by atoms with Crippen molar-refractivity contribution in [3.05, 3.63) is 85.5 Å². The number of rotatable bonds is 6. The number of hydrogen-bond donors (Lipinski definition) is 0. The molecule has 8 heteroatoms. The summed E-state index contributed by atoms with van der Waals surface area (Å²) in [4.78, 5) is 19.5. The fourth-order valence-corrected chi connectivity index (χ4v) is 3.54. The molecular formula is C22H22BrF2N3O2. The third-order valence-electron chi connectivity index (χ3n) is 4.56. The molecule has 0 N–H and O–H groups in total. The van der Waals surface area contributed by atoms with Crippen molar-refractivity contribution in [1.29, 1.82) is 0 Å². The predicted octanol–water partition coefficient (Wildman–Crippen LogP) is 4.53. The first-order chi connectivity index (χ1) is 14.2. The minimum atomic E-state index is -0.698. The fourth-order valence-electron chi connectivity index (χ4n) is 3.13. The second kappa shape index (κ2) is 9.06. The van der Waals surface area contributed by atoms with Gasteiger partial charge in [0, 0.05) is 29.9 Å². The summed E-state index contributed by atoms with van der Waals surface area (Å²) in [5, 5.41) is 0. The fraction of sp³-hybridized carbons (Fsp3) is 0.273. The largest absolute Gasteiger partial charge is 0.487 e. The molecule has 158 valence electrons. The second-order valence-electron chi connectivity index (χ2n) is 7.33. The van der Waals surface area contributed by atoms with Gasteiger partial charge in [-0.05, 0) is 67.6 Å². The Labute approximate surface area is 182 Å². The van der Waals surface area contributed by atoms with Gasteiger partial charge in [-0.1, -0.05) is 0 Å². The van der Waals surface area contributed by atoms with Gasteiger partial charge in [0.25, 0.3) is 5.56 Å². The zero-order valence-electron chi connectivity index (χ0n) is 17.2. The lowest BCUT2D eigenvalue weighted by atomic mass is 10.2. The summed E-state index contributed by atoms with van der Waals surface area (Å²) in [6, 6.07) is 6.93. The van der Waals surface area contributed by atoms with E-state index in [2.05, 4.69) is 20.9 Å². The summed E-state index contributed by atoms with van der Waals surface area (Å²) in [6.45, 7) is 4.28. The molecule has 30 heavy (non-hydrogen) atoms. The molecule has 0 saturated heterocycles. The first kappa shape index (κ1) is 22.1. The van der Waals surface area contributed by atoms with E-state index >= 15 is 0 Å². The molecule has 3 rings (SSSR count). The average Bonchev–Trinajstić information content (AvgIpc) is 2.66. The van der Waals surface area contributed by atoms with Gasteiger partial charge in [0.15, 0.2) is 0 Å². The van der Waals surface area contributed by atoms with Crippen LogP contribution < -0.4 is 10.3 Å². The minimum absolute atomic E-state index is 0.132. The number of aromatic nitrogens is 2. The van der Waals surface area contributed by atoms with Crippen LogP contribution in [0.2, 0.25) is 0 Å². The van der Waals surface area contributed by atoms with Crippen LogP contribution in [0.5, 0.6) is 5.75 Å². The van der Waals surface area contributed by atoms with E-state index in [1.807, 2.05) is 32.0 Å². The van der Waals surface area contributed by atoms with Crippen LogP contribution in [0.3, 0.4) is 0 Å². The Balaban J connectivity index is 1.92. The Kier molecular flexibility index (Phi) is 6.67. The van der Waals surface area contributed by atoms with Crippen LogP contribution in [0.1, 0.15) is 22.5 Å². The van der Waals surface area contributed by atoms with Gasteiger partial charge in [0.1, 0.15) is 28.5 Å². The van der Waals surface area contributed by atoms with Crippen LogP contribution in [0.4, 0.5) is 8.78 Å². The molecule has 0 saturated carbocycles. The van der Waals surface area contributed by atoms with Gasteiger partial charge in [0.2, 0.25) is 0 Å². The van der Waals surface area contributed by atoms with E-state index in [1.165, 1.54) is 6.07 Å². The number of hydrogen-bond acceptors (Lipinski definition) is 4. The highest BCUT2D eigenvalue weighted by atomic mass is 79.9. The highest BCUT2D eigenvalue weighted by Gasteiger charge is 2.16. The van der Waals surface area contributed by atoms with Crippen molar-refractivity contribution in [2.75, 3.05) is 14.1 Å². The van der Waals surface area contributed by atoms with E-state index in [4.69, 9.17) is 4.74 Å². The molecular weight excluding hydrogens is 456 g/mol. The molecule has 2 heterocycles. The maximum atomic E-state index is 13.8. The van der Waals surface area contributed by atoms with Crippen molar-refractivity contribution in [2.24, 2.45) is 0 Å². The maximum Gasteiger partial charge on any atom is 0.273 e. The molecule has 0 atom stereocenters. The average molecular weight is 478 g/mol. The standard InChI is InChI=1S/C22H22BrF2N3O2/c1-13-7-17(11-27(3)4)26-10-19(13)28-14(2)8-20(21(23)22(28)29)30-12-15-5-6-16(24)9-18(15)25/h5-10H,11-12H2,1-4H3. The van der Waals surface area contributed by atoms with Crippen LogP contribution in [0.15, 0.2) is 45.8 Å². The summed E-state index contributed by atoms with van der Waals surface area (Å²) >= 11 is 3.30. The molecule has 2 aromatic heterocycles. The smallest absolute Gasteiger partial charge is 0.273 e. The molecule has 3 aromatic rings. The zero-order valence-corrected chi connectivity index (χ0v) is 18.8. The van der Waals surface area contributed by atoms with E-state index < -0.39 is 11.6 Å². The van der Waals surface area contributed by atoms with Crippen molar-refractivity contribution in [2.45, 2.75) is 27.0 Å². The Morgan fingerprint density at radius 3 is 2.53 bits per heavy atom. The monoisotopic (exact) mass is 477 g/mol. The van der Waals surface area contributed by atoms with Gasteiger partial charge < -0.3 is 9.64 Å². The molecule has 0 bridgehead atoms. The van der Waals surface area contributed by atoms with E-state index in [0.29, 0.717) is 17.9 Å². The summed E-state index contributed by atoms with van der Waals surface area (Å²) in [6.07, 6.45) is 1.68. The van der Waals surface area contributed by atoms with Crippen LogP contribution in [-0.4, -0.2) is 28.5 Å². The molecule has 0 aliphatic heterocycles. The highest BCUT2D eigenvalue weighted by molar-refractivity contribution is 9.10. The molecule has 0 radical (unpaired) electrons. The minimum Gasteiger partial charge on any atom is -0.487 e. The van der Waals surface area contributed by atoms with Crippen molar-refractivity contribution in [3.63, 3.8) is 0 Å². The quantitative estimate of drug-likeness (QED) is 0.523. The third-order valence-corrected chi connectivity index (χ3v) is 5.29. The van der Waals surface area contributed by atoms with Gasteiger partial charge >= 0.3 is 0 Å². The van der Waals surface area contributed by atoms with Crippen molar-refractivity contribution in [3.8, 4) is 11.4 Å². The first-order valence-corrected chi connectivity index (χ1v) is 10.1. The first-order valence-electron chi connectivity index (χ1n) is 9.27. The van der Waals surface area contributed by atoms with E-state index in [9.17, 15) is 13.6 Å². The van der Waals surface area contributed by atoms with Crippen molar-refractivity contribution in [1.82, 2.24) is 14.5 Å². The lowest BCUT2D eigenvalue weighted by Gasteiger charge is -2.17. The van der Waals surface area contributed by atoms with E-state index in [0.717, 1.165) is 23.4 Å². The lowest BCUT2D eigenvalue weighted by Crippen LogP contribution is -2.23. The molecule has 5 nitrogen and oxygen atoms in total. The zero-order chi connectivity index (χ0) is 22.0. The number of aryl methyl sites for hydroxylation is 2. The van der Waals surface area contributed by atoms with Crippen molar-refractivity contribution >= 4 is 15.9 Å². The number of benzene rings is 1. The molecule has 1 aromatic carbocycles. The van der Waals surface area contributed by atoms with Gasteiger partial charge in [0.05, 0.1) is 17.6 Å². The Hall–Kier alpha value is -2.58. The number of nitrogens with zero attached hydrogens (tertiary/aromatic N) is 3. The second-order valence-corrected chi connectivity index (χ2v) is 8.12. The van der Waals surface area contributed by atoms with Gasteiger partial charge in [-0.15, -0.1) is 0 Å². The highest BCUT2D eigenvalue weighted by Crippen LogP contribution is 2.26. The Morgan fingerprint density at radius 2 is 1.90 bits per heavy atom. The van der Waals surface area contributed by atoms with Crippen molar-refractivity contribution < 1.29 is 13.5 Å². The molecule has 0 aliphatic carbocycles. The molecule has 0 fully saturated rings. The molecule has 0 amide bonds. The molecule has 0 unspecified atom stereocenters. The normalized spacial score (nSPS) is 11.2. The summed E-state index contributed by atoms with van der Waals surface area (Å²) in [5.41, 5.74) is 3.03. The number of halogens is 3.